The molecule has 2 rings (SSSR count). The Balaban J connectivity index is 2.36. The van der Waals surface area contributed by atoms with Crippen LogP contribution < -0.4 is 5.73 Å². The van der Waals surface area contributed by atoms with Crippen LogP contribution in [0.3, 0.4) is 0 Å². The van der Waals surface area contributed by atoms with Crippen molar-refractivity contribution in [2.45, 2.75) is 40.3 Å². The molecule has 2 heterocycles. The third-order valence-corrected chi connectivity index (χ3v) is 3.30. The fourth-order valence-corrected chi connectivity index (χ4v) is 2.49. The lowest BCUT2D eigenvalue weighted by molar-refractivity contribution is 0.602. The summed E-state index contributed by atoms with van der Waals surface area (Å²) in [4.78, 5) is 0. The van der Waals surface area contributed by atoms with Gasteiger partial charge in [0.2, 0.25) is 0 Å². The summed E-state index contributed by atoms with van der Waals surface area (Å²) in [7, 11) is 1.96. The van der Waals surface area contributed by atoms with Gasteiger partial charge >= 0.3 is 0 Å². The minimum absolute atomic E-state index is 0.0204. The van der Waals surface area contributed by atoms with E-state index >= 15 is 0 Å². The molecule has 1 atom stereocenters. The maximum absolute atomic E-state index is 5.99. The second kappa shape index (κ2) is 4.57. The maximum atomic E-state index is 5.99. The first-order chi connectivity index (χ1) is 8.40. The van der Waals surface area contributed by atoms with Gasteiger partial charge < -0.3 is 5.73 Å². The molecule has 0 aliphatic carbocycles. The van der Waals surface area contributed by atoms with E-state index in [-0.39, 0.29) is 6.04 Å². The SMILES string of the molecule is Cc1cc(Cn2nc(C)c(C(C)N)c2C)n(C)n1. The molecule has 98 valence electrons. The predicted octanol–water partition coefficient (Wildman–Crippen LogP) is 1.61. The standard InChI is InChI=1S/C13H21N5/c1-8-6-12(17(5)15-8)7-18-11(4)13(9(2)14)10(3)16-18/h6,9H,7,14H2,1-5H3. The van der Waals surface area contributed by atoms with Gasteiger partial charge in [-0.15, -0.1) is 0 Å². The fourth-order valence-electron chi connectivity index (χ4n) is 2.49. The smallest absolute Gasteiger partial charge is 0.0831 e. The predicted molar refractivity (Wildman–Crippen MR) is 71.4 cm³/mol. The van der Waals surface area contributed by atoms with Crippen LogP contribution in [-0.4, -0.2) is 19.6 Å². The molecule has 0 aliphatic heterocycles. The molecule has 0 fully saturated rings. The Morgan fingerprint density at radius 2 is 1.94 bits per heavy atom. The van der Waals surface area contributed by atoms with Crippen LogP contribution in [0.5, 0.6) is 0 Å². The highest BCUT2D eigenvalue weighted by Crippen LogP contribution is 2.20. The summed E-state index contributed by atoms with van der Waals surface area (Å²) in [6.07, 6.45) is 0. The van der Waals surface area contributed by atoms with Crippen LogP contribution in [-0.2, 0) is 13.6 Å². The minimum atomic E-state index is 0.0204. The van der Waals surface area contributed by atoms with Crippen LogP contribution in [0.2, 0.25) is 0 Å². The lowest BCUT2D eigenvalue weighted by Crippen LogP contribution is -2.10. The zero-order valence-corrected chi connectivity index (χ0v) is 11.7. The van der Waals surface area contributed by atoms with E-state index in [9.17, 15) is 0 Å². The molecule has 1 unspecified atom stereocenters. The van der Waals surface area contributed by atoms with Crippen molar-refractivity contribution in [3.8, 4) is 0 Å². The number of aryl methyl sites for hydroxylation is 3. The van der Waals surface area contributed by atoms with E-state index in [0.717, 1.165) is 34.9 Å². The number of hydrogen-bond acceptors (Lipinski definition) is 3. The van der Waals surface area contributed by atoms with E-state index in [2.05, 4.69) is 23.2 Å². The first-order valence-corrected chi connectivity index (χ1v) is 6.19. The molecular weight excluding hydrogens is 226 g/mol. The van der Waals surface area contributed by atoms with Gasteiger partial charge in [-0.1, -0.05) is 0 Å². The van der Waals surface area contributed by atoms with Gasteiger partial charge in [-0.25, -0.2) is 0 Å². The van der Waals surface area contributed by atoms with Gasteiger partial charge in [0.1, 0.15) is 0 Å². The summed E-state index contributed by atoms with van der Waals surface area (Å²) in [5.74, 6) is 0. The molecule has 0 aromatic carbocycles. The molecular formula is C13H21N5. The Bertz CT molecular complexity index is 562. The molecule has 0 bridgehead atoms. The lowest BCUT2D eigenvalue weighted by atomic mass is 10.1. The van der Waals surface area contributed by atoms with Gasteiger partial charge in [0.05, 0.1) is 23.6 Å². The number of hydrogen-bond donors (Lipinski definition) is 1. The Hall–Kier alpha value is -1.62. The second-order valence-corrected chi connectivity index (χ2v) is 4.93. The van der Waals surface area contributed by atoms with Crippen LogP contribution >= 0.6 is 0 Å². The molecule has 2 aromatic rings. The normalized spacial score (nSPS) is 13.0. The molecule has 2 N–H and O–H groups in total. The van der Waals surface area contributed by atoms with Crippen LogP contribution in [0, 0.1) is 20.8 Å². The Morgan fingerprint density at radius 3 is 2.39 bits per heavy atom. The fraction of sp³-hybridized carbons (Fsp3) is 0.538. The second-order valence-electron chi connectivity index (χ2n) is 4.93. The van der Waals surface area contributed by atoms with E-state index in [4.69, 9.17) is 5.73 Å². The summed E-state index contributed by atoms with van der Waals surface area (Å²) in [6.45, 7) is 8.81. The average Bonchev–Trinajstić information content (AvgIpc) is 2.69. The lowest BCUT2D eigenvalue weighted by Gasteiger charge is -2.07. The molecule has 0 radical (unpaired) electrons. The van der Waals surface area contributed by atoms with Crippen molar-refractivity contribution in [1.82, 2.24) is 19.6 Å². The first-order valence-electron chi connectivity index (χ1n) is 6.19. The third-order valence-electron chi connectivity index (χ3n) is 3.30. The van der Waals surface area contributed by atoms with Crippen LogP contribution in [0.25, 0.3) is 0 Å². The highest BCUT2D eigenvalue weighted by Gasteiger charge is 2.15. The number of nitrogens with two attached hydrogens (primary N) is 1. The molecule has 0 saturated carbocycles. The molecule has 18 heavy (non-hydrogen) atoms. The van der Waals surface area contributed by atoms with Gasteiger partial charge in [0, 0.05) is 24.3 Å². The van der Waals surface area contributed by atoms with Gasteiger partial charge in [-0.05, 0) is 33.8 Å². The van der Waals surface area contributed by atoms with Crippen molar-refractivity contribution in [2.24, 2.45) is 12.8 Å². The van der Waals surface area contributed by atoms with Crippen LogP contribution in [0.15, 0.2) is 6.07 Å². The molecule has 0 spiro atoms. The Morgan fingerprint density at radius 1 is 1.28 bits per heavy atom. The Labute approximate surface area is 108 Å². The van der Waals surface area contributed by atoms with Gasteiger partial charge in [0.15, 0.2) is 0 Å². The minimum Gasteiger partial charge on any atom is -0.324 e. The van der Waals surface area contributed by atoms with E-state index < -0.39 is 0 Å². The highest BCUT2D eigenvalue weighted by atomic mass is 15.3. The number of nitrogens with zero attached hydrogens (tertiary/aromatic N) is 4. The van der Waals surface area contributed by atoms with E-state index in [1.54, 1.807) is 0 Å². The van der Waals surface area contributed by atoms with Crippen molar-refractivity contribution in [2.75, 3.05) is 0 Å². The molecule has 5 heteroatoms. The maximum Gasteiger partial charge on any atom is 0.0831 e. The molecule has 0 aliphatic rings. The summed E-state index contributed by atoms with van der Waals surface area (Å²) in [5.41, 5.74) is 11.5. The quantitative estimate of drug-likeness (QED) is 0.896. The highest BCUT2D eigenvalue weighted by molar-refractivity contribution is 5.28. The summed E-state index contributed by atoms with van der Waals surface area (Å²) in [6, 6.07) is 2.11. The third kappa shape index (κ3) is 2.18. The van der Waals surface area contributed by atoms with Gasteiger partial charge in [-0.2, -0.15) is 10.2 Å². The molecule has 0 saturated heterocycles. The van der Waals surface area contributed by atoms with Crippen LogP contribution in [0.1, 0.15) is 41.3 Å². The van der Waals surface area contributed by atoms with Crippen molar-refractivity contribution in [1.29, 1.82) is 0 Å². The van der Waals surface area contributed by atoms with Crippen molar-refractivity contribution < 1.29 is 0 Å². The monoisotopic (exact) mass is 247 g/mol. The van der Waals surface area contributed by atoms with Gasteiger partial charge in [-0.3, -0.25) is 9.36 Å². The summed E-state index contributed by atoms with van der Waals surface area (Å²) >= 11 is 0. The van der Waals surface area contributed by atoms with Gasteiger partial charge in [0.25, 0.3) is 0 Å². The largest absolute Gasteiger partial charge is 0.324 e. The zero-order chi connectivity index (χ0) is 13.4. The van der Waals surface area contributed by atoms with Crippen molar-refractivity contribution in [3.63, 3.8) is 0 Å². The van der Waals surface area contributed by atoms with E-state index in [1.807, 2.05) is 37.2 Å². The Kier molecular flexibility index (Phi) is 3.26. The molecule has 2 aromatic heterocycles. The van der Waals surface area contributed by atoms with Crippen molar-refractivity contribution >= 4 is 0 Å². The number of rotatable bonds is 3. The topological polar surface area (TPSA) is 61.7 Å². The van der Waals surface area contributed by atoms with Crippen LogP contribution in [0.4, 0.5) is 0 Å². The number of aromatic nitrogens is 4. The molecule has 5 nitrogen and oxygen atoms in total. The average molecular weight is 247 g/mol. The molecule has 0 amide bonds. The first kappa shape index (κ1) is 12.8. The zero-order valence-electron chi connectivity index (χ0n) is 11.7. The van der Waals surface area contributed by atoms with E-state index in [1.165, 1.54) is 0 Å². The van der Waals surface area contributed by atoms with E-state index in [0.29, 0.717) is 0 Å². The summed E-state index contributed by atoms with van der Waals surface area (Å²) < 4.78 is 3.90. The van der Waals surface area contributed by atoms with Crippen molar-refractivity contribution in [3.05, 3.63) is 34.4 Å². The summed E-state index contributed by atoms with van der Waals surface area (Å²) in [5, 5.41) is 8.92.